The van der Waals surface area contributed by atoms with Crippen LogP contribution < -0.4 is 9.88 Å². The zero-order chi connectivity index (χ0) is 18.6. The fourth-order valence-corrected chi connectivity index (χ4v) is 2.92. The predicted molar refractivity (Wildman–Crippen MR) is 90.2 cm³/mol. The fraction of sp³-hybridized carbons (Fsp3) is 0.176. The molecule has 0 unspecified atom stereocenters. The summed E-state index contributed by atoms with van der Waals surface area (Å²) in [7, 11) is -2.45. The van der Waals surface area contributed by atoms with E-state index in [1.165, 1.54) is 19.2 Å². The first-order valence-corrected chi connectivity index (χ1v) is 8.75. The Morgan fingerprint density at radius 2 is 1.64 bits per heavy atom. The fourth-order valence-electron chi connectivity index (χ4n) is 2.11. The van der Waals surface area contributed by atoms with Crippen LogP contribution in [0.5, 0.6) is 5.75 Å². The molecule has 0 spiro atoms. The predicted octanol–water partition coefficient (Wildman–Crippen LogP) is 1.69. The second-order valence-electron chi connectivity index (χ2n) is 5.25. The summed E-state index contributed by atoms with van der Waals surface area (Å²) >= 11 is 0. The molecule has 132 valence electrons. The van der Waals surface area contributed by atoms with Gasteiger partial charge in [-0.05, 0) is 48.9 Å². The van der Waals surface area contributed by atoms with Gasteiger partial charge in [-0.3, -0.25) is 4.79 Å². The topological polar surface area (TPSA) is 113 Å². The molecule has 7 nitrogen and oxygen atoms in total. The van der Waals surface area contributed by atoms with Crippen molar-refractivity contribution < 1.29 is 27.5 Å². The first-order chi connectivity index (χ1) is 11.7. The third-order valence-corrected chi connectivity index (χ3v) is 4.53. The Morgan fingerprint density at radius 1 is 1.04 bits per heavy atom. The smallest absolute Gasteiger partial charge is 0.338 e. The Labute approximate surface area is 145 Å². The lowest BCUT2D eigenvalue weighted by molar-refractivity contribution is 0.0474. The minimum Gasteiger partial charge on any atom is -0.497 e. The van der Waals surface area contributed by atoms with E-state index >= 15 is 0 Å². The van der Waals surface area contributed by atoms with Crippen LogP contribution in [0.25, 0.3) is 0 Å². The van der Waals surface area contributed by atoms with Crippen LogP contribution in [0.1, 0.15) is 26.3 Å². The lowest BCUT2D eigenvalue weighted by Gasteiger charge is -2.08. The van der Waals surface area contributed by atoms with Crippen molar-refractivity contribution in [1.82, 2.24) is 0 Å². The normalized spacial score (nSPS) is 11.0. The first-order valence-electron chi connectivity index (χ1n) is 7.20. The number of ketones is 1. The maximum absolute atomic E-state index is 12.0. The number of Topliss-reactive ketones (excluding diaryl/α,β-unsaturated/α-hetero) is 1. The van der Waals surface area contributed by atoms with Crippen molar-refractivity contribution >= 4 is 21.8 Å². The Morgan fingerprint density at radius 3 is 2.20 bits per heavy atom. The molecule has 0 bridgehead atoms. The van der Waals surface area contributed by atoms with Crippen LogP contribution in [0.3, 0.4) is 0 Å². The lowest BCUT2D eigenvalue weighted by Crippen LogP contribution is -2.17. The lowest BCUT2D eigenvalue weighted by atomic mass is 10.1. The molecule has 2 aromatic carbocycles. The number of aryl methyl sites for hydroxylation is 1. The highest BCUT2D eigenvalue weighted by atomic mass is 32.2. The molecular formula is C17H17NO6S. The van der Waals surface area contributed by atoms with Gasteiger partial charge >= 0.3 is 5.97 Å². The standard InChI is InChI=1S/C17H17NO6S/c1-11-3-4-13(9-16(11)25(18,21)22)17(20)24-10-15(19)12-5-7-14(23-2)8-6-12/h3-9H,10H2,1-2H3,(H2,18,21,22). The van der Waals surface area contributed by atoms with Crippen LogP contribution in [0.4, 0.5) is 0 Å². The number of hydrogen-bond donors (Lipinski definition) is 1. The summed E-state index contributed by atoms with van der Waals surface area (Å²) < 4.78 is 32.9. The summed E-state index contributed by atoms with van der Waals surface area (Å²) in [5, 5.41) is 5.10. The zero-order valence-corrected chi connectivity index (χ0v) is 14.5. The molecule has 8 heteroatoms. The number of methoxy groups -OCH3 is 1. The van der Waals surface area contributed by atoms with Crippen LogP contribution in [0, 0.1) is 6.92 Å². The molecule has 0 saturated carbocycles. The van der Waals surface area contributed by atoms with Crippen LogP contribution in [-0.2, 0) is 14.8 Å². The zero-order valence-electron chi connectivity index (χ0n) is 13.7. The van der Waals surface area contributed by atoms with Gasteiger partial charge in [0, 0.05) is 5.56 Å². The van der Waals surface area contributed by atoms with Gasteiger partial charge in [-0.25, -0.2) is 18.4 Å². The number of nitrogens with two attached hydrogens (primary N) is 1. The van der Waals surface area contributed by atoms with Gasteiger partial charge < -0.3 is 9.47 Å². The van der Waals surface area contributed by atoms with Gasteiger partial charge in [0.1, 0.15) is 5.75 Å². The monoisotopic (exact) mass is 363 g/mol. The van der Waals surface area contributed by atoms with Gasteiger partial charge in [-0.1, -0.05) is 6.07 Å². The molecule has 2 N–H and O–H groups in total. The van der Waals surface area contributed by atoms with E-state index in [-0.39, 0.29) is 10.5 Å². The van der Waals surface area contributed by atoms with Crippen molar-refractivity contribution in [3.05, 3.63) is 59.2 Å². The maximum atomic E-state index is 12.0. The molecule has 0 heterocycles. The summed E-state index contributed by atoms with van der Waals surface area (Å²) in [5.41, 5.74) is 0.772. The second-order valence-corrected chi connectivity index (χ2v) is 6.78. The van der Waals surface area contributed by atoms with Crippen molar-refractivity contribution in [1.29, 1.82) is 0 Å². The molecule has 0 aliphatic carbocycles. The van der Waals surface area contributed by atoms with Gasteiger partial charge in [0.15, 0.2) is 12.4 Å². The van der Waals surface area contributed by atoms with Gasteiger partial charge in [0.25, 0.3) is 0 Å². The Bertz CT molecular complexity index is 903. The van der Waals surface area contributed by atoms with Crippen LogP contribution in [0.2, 0.25) is 0 Å². The number of esters is 1. The summed E-state index contributed by atoms with van der Waals surface area (Å²) in [4.78, 5) is 23.9. The van der Waals surface area contributed by atoms with E-state index < -0.39 is 28.4 Å². The van der Waals surface area contributed by atoms with E-state index in [1.807, 2.05) is 0 Å². The first kappa shape index (κ1) is 18.6. The number of hydrogen-bond acceptors (Lipinski definition) is 6. The number of primary sulfonamides is 1. The van der Waals surface area contributed by atoms with Crippen LogP contribution in [0.15, 0.2) is 47.4 Å². The Kier molecular flexibility index (Phi) is 5.55. The van der Waals surface area contributed by atoms with Gasteiger partial charge in [-0.2, -0.15) is 0 Å². The van der Waals surface area contributed by atoms with Crippen molar-refractivity contribution in [3.8, 4) is 5.75 Å². The largest absolute Gasteiger partial charge is 0.497 e. The molecule has 25 heavy (non-hydrogen) atoms. The summed E-state index contributed by atoms with van der Waals surface area (Å²) in [5.74, 6) is -0.606. The van der Waals surface area contributed by atoms with E-state index in [0.29, 0.717) is 16.9 Å². The number of ether oxygens (including phenoxy) is 2. The maximum Gasteiger partial charge on any atom is 0.338 e. The molecule has 0 saturated heterocycles. The molecule has 0 aromatic heterocycles. The number of carbonyl (C=O) groups is 2. The van der Waals surface area contributed by atoms with E-state index in [0.717, 1.165) is 6.07 Å². The molecule has 0 aliphatic heterocycles. The van der Waals surface area contributed by atoms with E-state index in [1.54, 1.807) is 31.2 Å². The second kappa shape index (κ2) is 7.45. The number of benzene rings is 2. The van der Waals surface area contributed by atoms with Crippen molar-refractivity contribution in [2.75, 3.05) is 13.7 Å². The van der Waals surface area contributed by atoms with Gasteiger partial charge in [0.05, 0.1) is 17.6 Å². The Balaban J connectivity index is 2.08. The molecule has 0 aliphatic rings. The van der Waals surface area contributed by atoms with Gasteiger partial charge in [-0.15, -0.1) is 0 Å². The summed E-state index contributed by atoms with van der Waals surface area (Å²) in [6.45, 7) is 1.09. The van der Waals surface area contributed by atoms with Crippen molar-refractivity contribution in [3.63, 3.8) is 0 Å². The SMILES string of the molecule is COc1ccc(C(=O)COC(=O)c2ccc(C)c(S(N)(=O)=O)c2)cc1. The highest BCUT2D eigenvalue weighted by molar-refractivity contribution is 7.89. The number of carbonyl (C=O) groups excluding carboxylic acids is 2. The van der Waals surface area contributed by atoms with E-state index in [4.69, 9.17) is 14.6 Å². The summed E-state index contributed by atoms with van der Waals surface area (Å²) in [6, 6.07) is 10.3. The van der Waals surface area contributed by atoms with Crippen molar-refractivity contribution in [2.24, 2.45) is 5.14 Å². The van der Waals surface area contributed by atoms with E-state index in [9.17, 15) is 18.0 Å². The number of rotatable bonds is 6. The number of sulfonamides is 1. The van der Waals surface area contributed by atoms with Gasteiger partial charge in [0.2, 0.25) is 10.0 Å². The highest BCUT2D eigenvalue weighted by Gasteiger charge is 2.17. The summed E-state index contributed by atoms with van der Waals surface area (Å²) in [6.07, 6.45) is 0. The molecule has 0 radical (unpaired) electrons. The molecule has 2 aromatic rings. The molecule has 0 fully saturated rings. The molecule has 0 atom stereocenters. The average molecular weight is 363 g/mol. The average Bonchev–Trinajstić information content (AvgIpc) is 2.58. The minimum absolute atomic E-state index is 0.00263. The third-order valence-electron chi connectivity index (χ3n) is 3.48. The van der Waals surface area contributed by atoms with Crippen LogP contribution >= 0.6 is 0 Å². The molecular weight excluding hydrogens is 346 g/mol. The minimum atomic E-state index is -3.96. The van der Waals surface area contributed by atoms with Crippen LogP contribution in [-0.4, -0.2) is 33.9 Å². The van der Waals surface area contributed by atoms with E-state index in [2.05, 4.69) is 0 Å². The quantitative estimate of drug-likeness (QED) is 0.617. The molecule has 2 rings (SSSR count). The Hall–Kier alpha value is -2.71. The third kappa shape index (κ3) is 4.65. The highest BCUT2D eigenvalue weighted by Crippen LogP contribution is 2.17. The molecule has 0 amide bonds. The van der Waals surface area contributed by atoms with Crippen molar-refractivity contribution in [2.45, 2.75) is 11.8 Å².